The Hall–Kier alpha value is -2.12. The first-order valence-corrected chi connectivity index (χ1v) is 13.2. The Bertz CT molecular complexity index is 890. The van der Waals surface area contributed by atoms with Crippen LogP contribution in [0.5, 0.6) is 11.5 Å². The molecule has 4 atom stereocenters. The lowest BCUT2D eigenvalue weighted by atomic mass is 9.76. The lowest BCUT2D eigenvalue weighted by Crippen LogP contribution is -2.34. The summed E-state index contributed by atoms with van der Waals surface area (Å²) in [7, 11) is 3.43. The maximum atomic E-state index is 5.98. The number of hydrogen-bond donors (Lipinski definition) is 0. The van der Waals surface area contributed by atoms with Crippen LogP contribution in [-0.2, 0) is 18.9 Å². The number of benzene rings is 2. The minimum atomic E-state index is -0.197. The van der Waals surface area contributed by atoms with Crippen LogP contribution in [0.25, 0.3) is 0 Å². The van der Waals surface area contributed by atoms with Crippen LogP contribution in [0.2, 0.25) is 0 Å². The normalized spacial score (nSPS) is 30.9. The van der Waals surface area contributed by atoms with E-state index < -0.39 is 0 Å². The van der Waals surface area contributed by atoms with Gasteiger partial charge in [-0.2, -0.15) is 0 Å². The molecule has 0 bridgehead atoms. The topological polar surface area (TPSA) is 62.0 Å². The first-order chi connectivity index (χ1) is 17.4. The third-order valence-corrected chi connectivity index (χ3v) is 8.36. The fourth-order valence-corrected chi connectivity index (χ4v) is 5.36. The van der Waals surface area contributed by atoms with E-state index in [0.29, 0.717) is 25.0 Å². The molecule has 2 heterocycles. The van der Waals surface area contributed by atoms with Gasteiger partial charge in [-0.05, 0) is 86.8 Å². The zero-order valence-corrected chi connectivity index (χ0v) is 22.0. The van der Waals surface area contributed by atoms with Crippen LogP contribution in [0.1, 0.15) is 62.5 Å². The van der Waals surface area contributed by atoms with Crippen molar-refractivity contribution in [1.82, 2.24) is 0 Å². The lowest BCUT2D eigenvalue weighted by molar-refractivity contribution is 0.00493. The standard InChI is InChI=1S/C30H40O6/c1-29(19-35-29)27(31-3)17-33-25-13-9-23(10-14-25)21-5-7-22(8-6-21)24-11-15-26(16-12-24)34-18-28(32-4)30(2)20-36-30/h9-16,21-22,27-28H,5-8,17-20H2,1-4H3. The van der Waals surface area contributed by atoms with Crippen molar-refractivity contribution < 1.29 is 28.4 Å². The zero-order valence-electron chi connectivity index (χ0n) is 22.0. The first-order valence-electron chi connectivity index (χ1n) is 13.2. The maximum Gasteiger partial charge on any atom is 0.122 e. The Kier molecular flexibility index (Phi) is 7.59. The van der Waals surface area contributed by atoms with Crippen molar-refractivity contribution in [3.63, 3.8) is 0 Å². The SMILES string of the molecule is COC(COc1ccc(C2CCC(c3ccc(OCC(OC)C4(C)CO4)cc3)CC2)cc1)C1(C)CO1. The van der Waals surface area contributed by atoms with Crippen LogP contribution in [0.3, 0.4) is 0 Å². The number of ether oxygens (including phenoxy) is 6. The van der Waals surface area contributed by atoms with Crippen LogP contribution in [0.4, 0.5) is 0 Å². The third-order valence-electron chi connectivity index (χ3n) is 8.36. The van der Waals surface area contributed by atoms with Gasteiger partial charge < -0.3 is 28.4 Å². The molecule has 2 saturated heterocycles. The molecule has 0 amide bonds. The van der Waals surface area contributed by atoms with Gasteiger partial charge in [0.25, 0.3) is 0 Å². The van der Waals surface area contributed by atoms with Crippen molar-refractivity contribution in [3.05, 3.63) is 59.7 Å². The van der Waals surface area contributed by atoms with Gasteiger partial charge in [-0.25, -0.2) is 0 Å². The average Bonchev–Trinajstić information content (AvgIpc) is 3.84. The highest BCUT2D eigenvalue weighted by atomic mass is 16.6. The fourth-order valence-electron chi connectivity index (χ4n) is 5.36. The summed E-state index contributed by atoms with van der Waals surface area (Å²) in [5.41, 5.74) is 2.42. The highest BCUT2D eigenvalue weighted by Crippen LogP contribution is 2.41. The molecule has 5 rings (SSSR count). The molecule has 4 unspecified atom stereocenters. The van der Waals surface area contributed by atoms with E-state index in [4.69, 9.17) is 28.4 Å². The van der Waals surface area contributed by atoms with Crippen LogP contribution in [0.15, 0.2) is 48.5 Å². The molecule has 6 heteroatoms. The van der Waals surface area contributed by atoms with Gasteiger partial charge in [0.1, 0.15) is 48.1 Å². The summed E-state index contributed by atoms with van der Waals surface area (Å²) in [6, 6.07) is 17.3. The van der Waals surface area contributed by atoms with Crippen molar-refractivity contribution in [1.29, 1.82) is 0 Å². The van der Waals surface area contributed by atoms with Crippen LogP contribution < -0.4 is 9.47 Å². The van der Waals surface area contributed by atoms with Crippen molar-refractivity contribution in [3.8, 4) is 11.5 Å². The second kappa shape index (κ2) is 10.7. The van der Waals surface area contributed by atoms with Gasteiger partial charge in [-0.3, -0.25) is 0 Å². The molecule has 2 aromatic carbocycles. The van der Waals surface area contributed by atoms with Gasteiger partial charge in [0, 0.05) is 14.2 Å². The fraction of sp³-hybridized carbons (Fsp3) is 0.600. The minimum Gasteiger partial charge on any atom is -0.491 e. The molecule has 1 aliphatic carbocycles. The molecule has 0 aromatic heterocycles. The molecule has 1 saturated carbocycles. The maximum absolute atomic E-state index is 5.98. The summed E-state index contributed by atoms with van der Waals surface area (Å²) in [6.07, 6.45) is 4.74. The van der Waals surface area contributed by atoms with E-state index in [2.05, 4.69) is 62.4 Å². The molecule has 0 N–H and O–H groups in total. The van der Waals surface area contributed by atoms with Crippen LogP contribution in [0, 0.1) is 0 Å². The monoisotopic (exact) mass is 496 g/mol. The summed E-state index contributed by atoms with van der Waals surface area (Å²) < 4.78 is 34.0. The van der Waals surface area contributed by atoms with Crippen LogP contribution in [-0.4, -0.2) is 64.1 Å². The third kappa shape index (κ3) is 5.88. The molecule has 196 valence electrons. The van der Waals surface area contributed by atoms with Crippen molar-refractivity contribution >= 4 is 0 Å². The number of methoxy groups -OCH3 is 2. The summed E-state index contributed by atoms with van der Waals surface area (Å²) in [5, 5.41) is 0. The quantitative estimate of drug-likeness (QED) is 0.362. The molecule has 3 aliphatic rings. The van der Waals surface area contributed by atoms with E-state index in [1.165, 1.54) is 36.8 Å². The molecule has 3 fully saturated rings. The van der Waals surface area contributed by atoms with Gasteiger partial charge in [0.2, 0.25) is 0 Å². The second-order valence-electron chi connectivity index (χ2n) is 11.0. The molecule has 6 nitrogen and oxygen atoms in total. The van der Waals surface area contributed by atoms with Gasteiger partial charge in [-0.1, -0.05) is 24.3 Å². The molecular weight excluding hydrogens is 456 g/mol. The predicted octanol–water partition coefficient (Wildman–Crippen LogP) is 5.49. The predicted molar refractivity (Wildman–Crippen MR) is 138 cm³/mol. The first kappa shape index (κ1) is 25.5. The number of hydrogen-bond acceptors (Lipinski definition) is 6. The minimum absolute atomic E-state index is 0.0452. The van der Waals surface area contributed by atoms with E-state index in [1.54, 1.807) is 14.2 Å². The van der Waals surface area contributed by atoms with Crippen molar-refractivity contribution in [2.75, 3.05) is 40.6 Å². The zero-order chi connectivity index (χ0) is 25.2. The van der Waals surface area contributed by atoms with E-state index >= 15 is 0 Å². The highest BCUT2D eigenvalue weighted by molar-refractivity contribution is 5.32. The van der Waals surface area contributed by atoms with Gasteiger partial charge >= 0.3 is 0 Å². The van der Waals surface area contributed by atoms with E-state index in [-0.39, 0.29) is 23.4 Å². The smallest absolute Gasteiger partial charge is 0.122 e. The van der Waals surface area contributed by atoms with Gasteiger partial charge in [-0.15, -0.1) is 0 Å². The molecule has 36 heavy (non-hydrogen) atoms. The Labute approximate surface area is 215 Å². The molecule has 2 aromatic rings. The largest absolute Gasteiger partial charge is 0.491 e. The summed E-state index contributed by atoms with van der Waals surface area (Å²) >= 11 is 0. The van der Waals surface area contributed by atoms with Crippen molar-refractivity contribution in [2.45, 2.75) is 74.8 Å². The number of rotatable bonds is 12. The average molecular weight is 497 g/mol. The van der Waals surface area contributed by atoms with E-state index in [1.807, 2.05) is 0 Å². The van der Waals surface area contributed by atoms with Crippen LogP contribution >= 0.6 is 0 Å². The molecule has 0 radical (unpaired) electrons. The number of epoxide rings is 2. The van der Waals surface area contributed by atoms with E-state index in [9.17, 15) is 0 Å². The molecule has 0 spiro atoms. The summed E-state index contributed by atoms with van der Waals surface area (Å²) in [6.45, 7) is 6.60. The Balaban J connectivity index is 1.07. The second-order valence-corrected chi connectivity index (χ2v) is 11.0. The lowest BCUT2D eigenvalue weighted by Gasteiger charge is -2.29. The van der Waals surface area contributed by atoms with Crippen molar-refractivity contribution in [2.24, 2.45) is 0 Å². The summed E-state index contributed by atoms with van der Waals surface area (Å²) in [5.74, 6) is 2.99. The van der Waals surface area contributed by atoms with Gasteiger partial charge in [0.15, 0.2) is 0 Å². The highest BCUT2D eigenvalue weighted by Gasteiger charge is 2.48. The Morgan fingerprint density at radius 1 is 0.667 bits per heavy atom. The molecular formula is C30H40O6. The van der Waals surface area contributed by atoms with Gasteiger partial charge in [0.05, 0.1) is 13.2 Å². The Morgan fingerprint density at radius 3 is 1.28 bits per heavy atom. The Morgan fingerprint density at radius 2 is 1.00 bits per heavy atom. The molecule has 2 aliphatic heterocycles. The summed E-state index contributed by atoms with van der Waals surface area (Å²) in [4.78, 5) is 0. The van der Waals surface area contributed by atoms with E-state index in [0.717, 1.165) is 24.7 Å².